The highest BCUT2D eigenvalue weighted by atomic mass is 35.5. The third kappa shape index (κ3) is 4.95. The normalized spacial score (nSPS) is 12.2. The zero-order valence-corrected chi connectivity index (χ0v) is 18.9. The van der Waals surface area contributed by atoms with Crippen LogP contribution in [-0.2, 0) is 0 Å². The molecule has 0 fully saturated rings. The van der Waals surface area contributed by atoms with Gasteiger partial charge in [0, 0.05) is 16.1 Å². The fraction of sp³-hybridized carbons (Fsp3) is 0.120. The smallest absolute Gasteiger partial charge is 0.215 e. The number of halogens is 1. The van der Waals surface area contributed by atoms with Crippen molar-refractivity contribution in [2.45, 2.75) is 13.8 Å². The molecular weight excluding hydrogens is 426 g/mol. The van der Waals surface area contributed by atoms with E-state index < -0.39 is 0 Å². The zero-order chi connectivity index (χ0) is 21.6. The maximum atomic E-state index is 5.99. The lowest BCUT2D eigenvalue weighted by Crippen LogP contribution is -2.13. The van der Waals surface area contributed by atoms with E-state index in [2.05, 4.69) is 44.4 Å². The molecule has 0 aliphatic carbocycles. The number of benzene rings is 3. The Morgan fingerprint density at radius 2 is 1.68 bits per heavy atom. The lowest BCUT2D eigenvalue weighted by atomic mass is 10.1. The van der Waals surface area contributed by atoms with Gasteiger partial charge in [-0.25, -0.2) is 0 Å². The minimum atomic E-state index is 0.649. The monoisotopic (exact) mass is 447 g/mol. The van der Waals surface area contributed by atoms with Gasteiger partial charge in [0.2, 0.25) is 4.80 Å². The molecule has 3 aromatic carbocycles. The maximum absolute atomic E-state index is 5.99. The van der Waals surface area contributed by atoms with Gasteiger partial charge in [-0.05, 0) is 73.5 Å². The number of hydrogen-bond donors (Lipinski definition) is 0. The minimum absolute atomic E-state index is 0.649. The van der Waals surface area contributed by atoms with Crippen molar-refractivity contribution in [1.29, 1.82) is 0 Å². The number of para-hydroxylation sites is 1. The zero-order valence-electron chi connectivity index (χ0n) is 17.3. The van der Waals surface area contributed by atoms with Crippen molar-refractivity contribution in [2.75, 3.05) is 6.61 Å². The van der Waals surface area contributed by atoms with E-state index in [1.54, 1.807) is 11.3 Å². The Balaban J connectivity index is 1.79. The molecule has 0 spiro atoms. The molecule has 0 aliphatic heterocycles. The molecule has 4 aromatic rings. The summed E-state index contributed by atoms with van der Waals surface area (Å²) in [7, 11) is 0. The summed E-state index contributed by atoms with van der Waals surface area (Å²) in [6, 6.07) is 25.9. The molecule has 0 unspecified atom stereocenters. The summed E-state index contributed by atoms with van der Waals surface area (Å²) in [4.78, 5) is 0.795. The fourth-order valence-corrected chi connectivity index (χ4v) is 4.15. The Kier molecular flexibility index (Phi) is 6.65. The van der Waals surface area contributed by atoms with Gasteiger partial charge in [0.15, 0.2) is 0 Å². The van der Waals surface area contributed by atoms with Crippen LogP contribution >= 0.6 is 22.9 Å². The molecule has 0 saturated heterocycles. The molecule has 6 heteroatoms. The molecule has 0 amide bonds. The minimum Gasteiger partial charge on any atom is -0.494 e. The third-order valence-electron chi connectivity index (χ3n) is 4.73. The second-order valence-corrected chi connectivity index (χ2v) is 8.10. The predicted molar refractivity (Wildman–Crippen MR) is 129 cm³/mol. The average molecular weight is 448 g/mol. The summed E-state index contributed by atoms with van der Waals surface area (Å²) >= 11 is 7.55. The highest BCUT2D eigenvalue weighted by molar-refractivity contribution is 7.07. The van der Waals surface area contributed by atoms with Crippen molar-refractivity contribution in [3.63, 3.8) is 0 Å². The van der Waals surface area contributed by atoms with Crippen LogP contribution in [0.1, 0.15) is 19.4 Å². The first kappa shape index (κ1) is 21.1. The van der Waals surface area contributed by atoms with Crippen LogP contribution in [0, 0.1) is 0 Å². The van der Waals surface area contributed by atoms with Gasteiger partial charge in [-0.3, -0.25) is 4.57 Å². The van der Waals surface area contributed by atoms with E-state index in [9.17, 15) is 0 Å². The Hall–Kier alpha value is -3.15. The first-order valence-electron chi connectivity index (χ1n) is 9.99. The molecule has 0 N–H and O–H groups in total. The molecule has 0 bridgehead atoms. The Labute approximate surface area is 190 Å². The summed E-state index contributed by atoms with van der Waals surface area (Å²) in [6.07, 6.45) is 0. The van der Waals surface area contributed by atoms with Crippen molar-refractivity contribution >= 4 is 28.6 Å². The molecule has 0 atom stereocenters. The van der Waals surface area contributed by atoms with Gasteiger partial charge >= 0.3 is 0 Å². The van der Waals surface area contributed by atoms with Gasteiger partial charge in [0.05, 0.1) is 18.0 Å². The predicted octanol–water partition coefficient (Wildman–Crippen LogP) is 6.58. The number of hydrogen-bond acceptors (Lipinski definition) is 4. The van der Waals surface area contributed by atoms with Crippen LogP contribution in [0.5, 0.6) is 5.75 Å². The van der Waals surface area contributed by atoms with Crippen molar-refractivity contribution in [2.24, 2.45) is 10.2 Å². The van der Waals surface area contributed by atoms with Gasteiger partial charge in [-0.2, -0.15) is 5.10 Å². The van der Waals surface area contributed by atoms with Gasteiger partial charge in [-0.1, -0.05) is 41.9 Å². The molecular formula is C25H22ClN3OS. The summed E-state index contributed by atoms with van der Waals surface area (Å²) in [5, 5.41) is 11.9. The molecule has 0 aliphatic rings. The summed E-state index contributed by atoms with van der Waals surface area (Å²) < 4.78 is 7.71. The Morgan fingerprint density at radius 1 is 0.968 bits per heavy atom. The third-order valence-corrected chi connectivity index (χ3v) is 5.80. The first-order valence-corrected chi connectivity index (χ1v) is 11.2. The summed E-state index contributed by atoms with van der Waals surface area (Å²) in [6.45, 7) is 4.58. The molecule has 31 heavy (non-hydrogen) atoms. The van der Waals surface area contributed by atoms with E-state index in [1.165, 1.54) is 0 Å². The number of nitrogens with zero attached hydrogens (tertiary/aromatic N) is 3. The quantitative estimate of drug-likeness (QED) is 0.243. The molecule has 156 valence electrons. The van der Waals surface area contributed by atoms with E-state index in [1.807, 2.05) is 68.4 Å². The van der Waals surface area contributed by atoms with Gasteiger partial charge < -0.3 is 4.74 Å². The lowest BCUT2D eigenvalue weighted by molar-refractivity contribution is 0.340. The molecule has 1 aromatic heterocycles. The van der Waals surface area contributed by atoms with Gasteiger partial charge in [0.25, 0.3) is 0 Å². The maximum Gasteiger partial charge on any atom is 0.215 e. The van der Waals surface area contributed by atoms with E-state index in [0.29, 0.717) is 11.6 Å². The second-order valence-electron chi connectivity index (χ2n) is 6.82. The number of thiazole rings is 1. The van der Waals surface area contributed by atoms with Crippen LogP contribution in [-0.4, -0.2) is 16.9 Å². The van der Waals surface area contributed by atoms with Crippen LogP contribution in [0.25, 0.3) is 16.9 Å². The highest BCUT2D eigenvalue weighted by Gasteiger charge is 2.10. The molecule has 4 nitrogen and oxygen atoms in total. The van der Waals surface area contributed by atoms with Crippen LogP contribution in [0.4, 0.5) is 0 Å². The van der Waals surface area contributed by atoms with E-state index >= 15 is 0 Å². The topological polar surface area (TPSA) is 38.9 Å². The molecule has 0 saturated carbocycles. The summed E-state index contributed by atoms with van der Waals surface area (Å²) in [5.41, 5.74) is 4.99. The SMILES string of the molecule is CCOc1ccc(-c2cs/c(=N\N=C(\C)c3ccc(Cl)cc3)n2-c2ccccc2)cc1. The first-order chi connectivity index (χ1) is 15.2. The largest absolute Gasteiger partial charge is 0.494 e. The Bertz CT molecular complexity index is 1240. The van der Waals surface area contributed by atoms with Crippen molar-refractivity contribution in [1.82, 2.24) is 4.57 Å². The number of ether oxygens (including phenoxy) is 1. The van der Waals surface area contributed by atoms with Crippen LogP contribution in [0.3, 0.4) is 0 Å². The van der Waals surface area contributed by atoms with Crippen molar-refractivity contribution in [3.8, 4) is 22.7 Å². The second kappa shape index (κ2) is 9.77. The fourth-order valence-electron chi connectivity index (χ4n) is 3.16. The van der Waals surface area contributed by atoms with Gasteiger partial charge in [0.1, 0.15) is 5.75 Å². The average Bonchev–Trinajstić information content (AvgIpc) is 3.23. The lowest BCUT2D eigenvalue weighted by Gasteiger charge is -2.10. The van der Waals surface area contributed by atoms with E-state index in [4.69, 9.17) is 16.3 Å². The van der Waals surface area contributed by atoms with Crippen molar-refractivity contribution in [3.05, 3.63) is 99.6 Å². The van der Waals surface area contributed by atoms with Crippen LogP contribution in [0.15, 0.2) is 94.4 Å². The van der Waals surface area contributed by atoms with E-state index in [-0.39, 0.29) is 0 Å². The van der Waals surface area contributed by atoms with Crippen molar-refractivity contribution < 1.29 is 4.74 Å². The van der Waals surface area contributed by atoms with Gasteiger partial charge in [-0.15, -0.1) is 16.4 Å². The molecule has 0 radical (unpaired) electrons. The molecule has 1 heterocycles. The summed E-state index contributed by atoms with van der Waals surface area (Å²) in [5.74, 6) is 0.862. The number of aromatic nitrogens is 1. The highest BCUT2D eigenvalue weighted by Crippen LogP contribution is 2.25. The number of rotatable bonds is 6. The van der Waals surface area contributed by atoms with E-state index in [0.717, 1.165) is 38.8 Å². The standard InChI is InChI=1S/C25H22ClN3OS/c1-3-30-23-15-11-20(12-16-23)24-17-31-25(29(24)22-7-5-4-6-8-22)28-27-18(2)19-9-13-21(26)14-10-19/h4-17H,3H2,1-2H3/b27-18-,28-25-. The molecule has 4 rings (SSSR count). The van der Waals surface area contributed by atoms with Crippen LogP contribution in [0.2, 0.25) is 5.02 Å². The Morgan fingerprint density at radius 3 is 2.35 bits per heavy atom. The van der Waals surface area contributed by atoms with Crippen LogP contribution < -0.4 is 9.54 Å².